The Labute approximate surface area is 138 Å². The van der Waals surface area contributed by atoms with Crippen LogP contribution in [0.4, 0.5) is 0 Å². The lowest BCUT2D eigenvalue weighted by molar-refractivity contribution is -0.139. The lowest BCUT2D eigenvalue weighted by Crippen LogP contribution is -2.19. The van der Waals surface area contributed by atoms with Gasteiger partial charge in [-0.3, -0.25) is 4.90 Å². The van der Waals surface area contributed by atoms with Crippen LogP contribution in [0.15, 0.2) is 22.6 Å². The Morgan fingerprint density at radius 3 is 2.74 bits per heavy atom. The molecule has 23 heavy (non-hydrogen) atoms. The molecule has 2 aromatic rings. The van der Waals surface area contributed by atoms with Gasteiger partial charge in [0.1, 0.15) is 5.75 Å². The molecule has 0 aliphatic heterocycles. The molecule has 0 fully saturated rings. The van der Waals surface area contributed by atoms with Gasteiger partial charge in [0.05, 0.1) is 6.54 Å². The van der Waals surface area contributed by atoms with Gasteiger partial charge >= 0.3 is 5.97 Å². The molecule has 8 heteroatoms. The molecule has 0 unspecified atom stereocenters. The number of aliphatic carboxylic acids is 1. The van der Waals surface area contributed by atoms with Crippen LogP contribution in [0.2, 0.25) is 5.02 Å². The molecule has 124 valence electrons. The number of rotatable bonds is 8. The molecule has 0 saturated heterocycles. The summed E-state index contributed by atoms with van der Waals surface area (Å²) in [6.07, 6.45) is 0.693. The summed E-state index contributed by atoms with van der Waals surface area (Å²) in [6, 6.07) is 5.07. The predicted octanol–water partition coefficient (Wildman–Crippen LogP) is 2.38. The number of benzene rings is 1. The molecule has 1 aromatic heterocycles. The molecule has 0 bridgehead atoms. The minimum atomic E-state index is -1.03. The molecule has 1 heterocycles. The molecule has 0 spiro atoms. The van der Waals surface area contributed by atoms with Crippen LogP contribution in [0.1, 0.15) is 24.3 Å². The smallest absolute Gasteiger partial charge is 0.341 e. The Bertz CT molecular complexity index is 674. The van der Waals surface area contributed by atoms with Crippen LogP contribution < -0.4 is 4.74 Å². The van der Waals surface area contributed by atoms with Crippen molar-refractivity contribution in [3.8, 4) is 5.75 Å². The Morgan fingerprint density at radius 2 is 2.09 bits per heavy atom. The van der Waals surface area contributed by atoms with Gasteiger partial charge < -0.3 is 14.3 Å². The normalized spacial score (nSPS) is 11.0. The van der Waals surface area contributed by atoms with Crippen molar-refractivity contribution >= 4 is 17.6 Å². The van der Waals surface area contributed by atoms with E-state index < -0.39 is 12.6 Å². The third-order valence-corrected chi connectivity index (χ3v) is 3.27. The summed E-state index contributed by atoms with van der Waals surface area (Å²) in [4.78, 5) is 12.6. The fourth-order valence-electron chi connectivity index (χ4n) is 2.02. The Kier molecular flexibility index (Phi) is 5.95. The quantitative estimate of drug-likeness (QED) is 0.789. The zero-order valence-corrected chi connectivity index (χ0v) is 13.7. The van der Waals surface area contributed by atoms with Crippen molar-refractivity contribution in [2.75, 3.05) is 13.7 Å². The van der Waals surface area contributed by atoms with Crippen LogP contribution in [0, 0.1) is 0 Å². The maximum absolute atomic E-state index is 10.7. The van der Waals surface area contributed by atoms with E-state index in [1.54, 1.807) is 18.2 Å². The average Bonchev–Trinajstić information content (AvgIpc) is 2.93. The van der Waals surface area contributed by atoms with Gasteiger partial charge in [0.15, 0.2) is 6.61 Å². The first kappa shape index (κ1) is 17.2. The molecule has 0 saturated carbocycles. The molecule has 0 aliphatic rings. The molecule has 0 aliphatic carbocycles. The molecule has 0 radical (unpaired) electrons. The van der Waals surface area contributed by atoms with E-state index in [1.807, 2.05) is 18.9 Å². The summed E-state index contributed by atoms with van der Waals surface area (Å²) in [5.74, 6) is 0.585. The maximum atomic E-state index is 10.7. The summed E-state index contributed by atoms with van der Waals surface area (Å²) in [6.45, 7) is 2.51. The van der Waals surface area contributed by atoms with Gasteiger partial charge in [0.2, 0.25) is 11.8 Å². The number of hydrogen-bond acceptors (Lipinski definition) is 6. The fourth-order valence-corrected chi connectivity index (χ4v) is 2.22. The van der Waals surface area contributed by atoms with Crippen LogP contribution in [-0.4, -0.2) is 39.8 Å². The molecular weight excluding hydrogens is 322 g/mol. The Hall–Kier alpha value is -2.12. The minimum Gasteiger partial charge on any atom is -0.482 e. The molecule has 1 N–H and O–H groups in total. The monoisotopic (exact) mass is 339 g/mol. The Morgan fingerprint density at radius 1 is 1.35 bits per heavy atom. The summed E-state index contributed by atoms with van der Waals surface area (Å²) in [5, 5.41) is 17.2. The molecule has 2 rings (SSSR count). The third-order valence-electron chi connectivity index (χ3n) is 3.03. The van der Waals surface area contributed by atoms with E-state index in [0.717, 1.165) is 5.56 Å². The molecular formula is C15H18ClN3O4. The number of hydrogen-bond donors (Lipinski definition) is 1. The molecule has 1 aromatic carbocycles. The highest BCUT2D eigenvalue weighted by molar-refractivity contribution is 6.30. The van der Waals surface area contributed by atoms with Crippen molar-refractivity contribution in [3.63, 3.8) is 0 Å². The number of nitrogens with zero attached hydrogens (tertiary/aromatic N) is 3. The minimum absolute atomic E-state index is 0.401. The van der Waals surface area contributed by atoms with Crippen molar-refractivity contribution in [2.45, 2.75) is 26.4 Å². The van der Waals surface area contributed by atoms with Crippen molar-refractivity contribution in [2.24, 2.45) is 0 Å². The zero-order chi connectivity index (χ0) is 16.8. The van der Waals surface area contributed by atoms with E-state index in [0.29, 0.717) is 42.1 Å². The van der Waals surface area contributed by atoms with Gasteiger partial charge in [-0.25, -0.2) is 4.79 Å². The van der Waals surface area contributed by atoms with Gasteiger partial charge in [-0.15, -0.1) is 10.2 Å². The van der Waals surface area contributed by atoms with Gasteiger partial charge in [-0.1, -0.05) is 18.5 Å². The van der Waals surface area contributed by atoms with Crippen LogP contribution in [0.25, 0.3) is 0 Å². The second-order valence-corrected chi connectivity index (χ2v) is 5.49. The first-order valence-corrected chi connectivity index (χ1v) is 7.48. The topological polar surface area (TPSA) is 88.7 Å². The lowest BCUT2D eigenvalue weighted by Gasteiger charge is -2.17. The van der Waals surface area contributed by atoms with E-state index >= 15 is 0 Å². The maximum Gasteiger partial charge on any atom is 0.341 e. The number of halogens is 1. The summed E-state index contributed by atoms with van der Waals surface area (Å²) < 4.78 is 10.8. The average molecular weight is 340 g/mol. The first-order valence-electron chi connectivity index (χ1n) is 7.10. The fraction of sp³-hybridized carbons (Fsp3) is 0.400. The Balaban J connectivity index is 2.04. The summed E-state index contributed by atoms with van der Waals surface area (Å²) >= 11 is 6.01. The van der Waals surface area contributed by atoms with Gasteiger partial charge in [0.25, 0.3) is 0 Å². The largest absolute Gasteiger partial charge is 0.482 e. The number of ether oxygens (including phenoxy) is 1. The number of aryl methyl sites for hydroxylation is 1. The lowest BCUT2D eigenvalue weighted by atomic mass is 10.2. The first-order chi connectivity index (χ1) is 11.0. The van der Waals surface area contributed by atoms with Gasteiger partial charge in [-0.2, -0.15) is 0 Å². The standard InChI is InChI=1S/C15H18ClN3O4/c1-3-13-17-18-14(23-13)8-19(2)7-10-6-11(16)4-5-12(10)22-9-15(20)21/h4-6H,3,7-9H2,1-2H3,(H,20,21). The van der Waals surface area contributed by atoms with Crippen molar-refractivity contribution < 1.29 is 19.1 Å². The SMILES string of the molecule is CCc1nnc(CN(C)Cc2cc(Cl)ccc2OCC(=O)O)o1. The molecule has 0 atom stereocenters. The number of carboxylic acid groups (broad SMARTS) is 1. The van der Waals surface area contributed by atoms with E-state index in [9.17, 15) is 4.79 Å². The van der Waals surface area contributed by atoms with E-state index in [4.69, 9.17) is 25.9 Å². The second kappa shape index (κ2) is 7.94. The van der Waals surface area contributed by atoms with Gasteiger partial charge in [-0.05, 0) is 25.2 Å². The molecule has 7 nitrogen and oxygen atoms in total. The number of carboxylic acids is 1. The summed E-state index contributed by atoms with van der Waals surface area (Å²) in [7, 11) is 1.89. The van der Waals surface area contributed by atoms with Crippen molar-refractivity contribution in [3.05, 3.63) is 40.6 Å². The van der Waals surface area contributed by atoms with E-state index in [-0.39, 0.29) is 0 Å². The second-order valence-electron chi connectivity index (χ2n) is 5.05. The zero-order valence-electron chi connectivity index (χ0n) is 13.0. The van der Waals surface area contributed by atoms with Crippen LogP contribution in [0.5, 0.6) is 5.75 Å². The van der Waals surface area contributed by atoms with Crippen LogP contribution in [-0.2, 0) is 24.3 Å². The third kappa shape index (κ3) is 5.22. The highest BCUT2D eigenvalue weighted by atomic mass is 35.5. The van der Waals surface area contributed by atoms with E-state index in [2.05, 4.69) is 10.2 Å². The summed E-state index contributed by atoms with van der Waals surface area (Å²) in [5.41, 5.74) is 0.788. The van der Waals surface area contributed by atoms with Crippen LogP contribution >= 0.6 is 11.6 Å². The predicted molar refractivity (Wildman–Crippen MR) is 83.4 cm³/mol. The van der Waals surface area contributed by atoms with Crippen LogP contribution in [0.3, 0.4) is 0 Å². The van der Waals surface area contributed by atoms with Crippen molar-refractivity contribution in [1.29, 1.82) is 0 Å². The number of carbonyl (C=O) groups is 1. The highest BCUT2D eigenvalue weighted by Crippen LogP contribution is 2.24. The van der Waals surface area contributed by atoms with E-state index in [1.165, 1.54) is 0 Å². The molecule has 0 amide bonds. The van der Waals surface area contributed by atoms with Gasteiger partial charge in [0, 0.05) is 23.6 Å². The number of aromatic nitrogens is 2. The van der Waals surface area contributed by atoms with Crippen molar-refractivity contribution in [1.82, 2.24) is 15.1 Å². The highest BCUT2D eigenvalue weighted by Gasteiger charge is 2.12.